The maximum atomic E-state index is 13.1. The van der Waals surface area contributed by atoms with Gasteiger partial charge in [0.1, 0.15) is 18.9 Å². The lowest BCUT2D eigenvalue weighted by molar-refractivity contribution is -0.144. The van der Waals surface area contributed by atoms with Gasteiger partial charge >= 0.3 is 5.97 Å². The Labute approximate surface area is 249 Å². The topological polar surface area (TPSA) is 103 Å². The molecule has 1 N–H and O–H groups in total. The van der Waals surface area contributed by atoms with Crippen molar-refractivity contribution in [3.63, 3.8) is 0 Å². The summed E-state index contributed by atoms with van der Waals surface area (Å²) in [4.78, 5) is 47.4. The van der Waals surface area contributed by atoms with Crippen LogP contribution in [0.1, 0.15) is 39.9 Å². The average Bonchev–Trinajstić information content (AvgIpc) is 3.56. The smallest absolute Gasteiger partial charge is 0.307 e. The van der Waals surface area contributed by atoms with Crippen LogP contribution in [0.5, 0.6) is 5.75 Å². The van der Waals surface area contributed by atoms with E-state index in [1.165, 1.54) is 0 Å². The number of carboxylic acids is 1. The molecule has 2 amide bonds. The van der Waals surface area contributed by atoms with Crippen molar-refractivity contribution in [2.24, 2.45) is 17.8 Å². The molecule has 1 unspecified atom stereocenters. The van der Waals surface area contributed by atoms with Crippen LogP contribution in [0.4, 0.5) is 5.13 Å². The molecule has 3 aromatic rings. The number of fused-ring (bicyclic) bond motifs is 2. The van der Waals surface area contributed by atoms with Gasteiger partial charge in [-0.2, -0.15) is 0 Å². The van der Waals surface area contributed by atoms with Gasteiger partial charge < -0.3 is 24.5 Å². The monoisotopic (exact) mass is 588 g/mol. The van der Waals surface area contributed by atoms with Gasteiger partial charge in [0.25, 0.3) is 5.91 Å². The molecule has 3 heterocycles. The standard InChI is InChI=1S/C32H36N4O5S/c1-19-4-9-27(41-17-21-5-8-24(20(2)13-21)30(38)35-11-10-34(3)28(37)16-35)25(12-19)26-18-42-32(33-26)36-14-22-6-7-23(15-36)29(22)31(39)40/h4-5,8-9,12-13,18,22-23,29H,6-7,10-11,14-17H2,1-3H3,(H,39,40)/t22-,23?,29+/m1/s1. The van der Waals surface area contributed by atoms with Crippen LogP contribution < -0.4 is 9.64 Å². The number of hydrogen-bond acceptors (Lipinski definition) is 7. The predicted octanol–water partition coefficient (Wildman–Crippen LogP) is 4.47. The molecule has 10 heteroatoms. The number of anilines is 1. The fourth-order valence-corrected chi connectivity index (χ4v) is 7.45. The first-order chi connectivity index (χ1) is 20.2. The molecule has 1 saturated carbocycles. The molecule has 3 aliphatic rings. The molecule has 1 aromatic heterocycles. The van der Waals surface area contributed by atoms with Crippen LogP contribution in [-0.4, -0.2) is 77.4 Å². The lowest BCUT2D eigenvalue weighted by Crippen LogP contribution is -2.50. The first-order valence-electron chi connectivity index (χ1n) is 14.5. The Morgan fingerprint density at radius 1 is 1.07 bits per heavy atom. The van der Waals surface area contributed by atoms with Crippen molar-refractivity contribution < 1.29 is 24.2 Å². The van der Waals surface area contributed by atoms with E-state index in [-0.39, 0.29) is 36.1 Å². The number of piperazine rings is 1. The van der Waals surface area contributed by atoms with Gasteiger partial charge in [0, 0.05) is 49.7 Å². The lowest BCUT2D eigenvalue weighted by Gasteiger charge is -2.35. The zero-order chi connectivity index (χ0) is 29.5. The molecule has 2 aromatic carbocycles. The lowest BCUT2D eigenvalue weighted by atomic mass is 9.85. The van der Waals surface area contributed by atoms with E-state index in [1.54, 1.807) is 28.2 Å². The largest absolute Gasteiger partial charge is 0.488 e. The number of aryl methyl sites for hydroxylation is 2. The number of nitrogens with zero attached hydrogens (tertiary/aromatic N) is 4. The molecule has 1 aliphatic carbocycles. The number of aromatic nitrogens is 1. The van der Waals surface area contributed by atoms with Crippen LogP contribution in [-0.2, 0) is 16.2 Å². The van der Waals surface area contributed by atoms with Crippen LogP contribution in [0, 0.1) is 31.6 Å². The second kappa shape index (κ2) is 11.4. The zero-order valence-electron chi connectivity index (χ0n) is 24.2. The van der Waals surface area contributed by atoms with Gasteiger partial charge in [0.15, 0.2) is 5.13 Å². The first-order valence-corrected chi connectivity index (χ1v) is 15.4. The molecule has 6 rings (SSSR count). The molecule has 3 atom stereocenters. The Morgan fingerprint density at radius 3 is 2.52 bits per heavy atom. The van der Waals surface area contributed by atoms with Gasteiger partial charge in [-0.25, -0.2) is 4.98 Å². The molecular weight excluding hydrogens is 552 g/mol. The second-order valence-electron chi connectivity index (χ2n) is 11.9. The van der Waals surface area contributed by atoms with Crippen molar-refractivity contribution in [3.8, 4) is 17.0 Å². The number of carboxylic acid groups (broad SMARTS) is 1. The normalized spacial score (nSPS) is 22.0. The number of carbonyl (C=O) groups is 3. The number of hydrogen-bond donors (Lipinski definition) is 1. The summed E-state index contributed by atoms with van der Waals surface area (Å²) in [6, 6.07) is 11.8. The number of benzene rings is 2. The predicted molar refractivity (Wildman–Crippen MR) is 161 cm³/mol. The summed E-state index contributed by atoms with van der Waals surface area (Å²) in [6.45, 7) is 6.94. The zero-order valence-corrected chi connectivity index (χ0v) is 25.0. The third kappa shape index (κ3) is 5.47. The molecule has 2 bridgehead atoms. The minimum atomic E-state index is -0.661. The number of amides is 2. The van der Waals surface area contributed by atoms with Gasteiger partial charge in [-0.3, -0.25) is 14.4 Å². The van der Waals surface area contributed by atoms with Gasteiger partial charge in [0.05, 0.1) is 11.6 Å². The number of aliphatic carboxylic acids is 1. The van der Waals surface area contributed by atoms with Gasteiger partial charge in [-0.15, -0.1) is 11.3 Å². The Balaban J connectivity index is 1.15. The summed E-state index contributed by atoms with van der Waals surface area (Å²) in [7, 11) is 1.76. The highest BCUT2D eigenvalue weighted by Crippen LogP contribution is 2.44. The summed E-state index contributed by atoms with van der Waals surface area (Å²) >= 11 is 1.59. The van der Waals surface area contributed by atoms with E-state index in [0.717, 1.165) is 64.8 Å². The van der Waals surface area contributed by atoms with Gasteiger partial charge in [-0.1, -0.05) is 23.8 Å². The van der Waals surface area contributed by atoms with Crippen molar-refractivity contribution in [1.82, 2.24) is 14.8 Å². The van der Waals surface area contributed by atoms with E-state index in [9.17, 15) is 19.5 Å². The molecule has 3 fully saturated rings. The summed E-state index contributed by atoms with van der Waals surface area (Å²) in [6.07, 6.45) is 1.94. The summed E-state index contributed by atoms with van der Waals surface area (Å²) in [5.74, 6) is 0.0305. The van der Waals surface area contributed by atoms with E-state index in [2.05, 4.69) is 16.3 Å². The molecule has 2 aliphatic heterocycles. The number of likely N-dealkylation sites (N-methyl/N-ethyl adjacent to an activating group) is 1. The maximum Gasteiger partial charge on any atom is 0.307 e. The van der Waals surface area contributed by atoms with E-state index in [1.807, 2.05) is 44.2 Å². The highest BCUT2D eigenvalue weighted by Gasteiger charge is 2.46. The number of piperidine rings is 1. The van der Waals surface area contributed by atoms with E-state index >= 15 is 0 Å². The van der Waals surface area contributed by atoms with E-state index in [4.69, 9.17) is 9.72 Å². The van der Waals surface area contributed by atoms with Crippen LogP contribution in [0.15, 0.2) is 41.8 Å². The number of rotatable bonds is 7. The van der Waals surface area contributed by atoms with Gasteiger partial charge in [-0.05, 0) is 67.9 Å². The highest BCUT2D eigenvalue weighted by atomic mass is 32.1. The Bertz CT molecular complexity index is 1520. The summed E-state index contributed by atoms with van der Waals surface area (Å²) in [5.41, 5.74) is 5.27. The van der Waals surface area contributed by atoms with Crippen molar-refractivity contribution in [1.29, 1.82) is 0 Å². The molecule has 0 radical (unpaired) electrons. The average molecular weight is 589 g/mol. The molecule has 220 valence electrons. The maximum absolute atomic E-state index is 13.1. The first kappa shape index (κ1) is 28.2. The molecule has 2 saturated heterocycles. The molecule has 9 nitrogen and oxygen atoms in total. The minimum Gasteiger partial charge on any atom is -0.488 e. The Morgan fingerprint density at radius 2 is 1.83 bits per heavy atom. The van der Waals surface area contributed by atoms with Crippen LogP contribution in [0.3, 0.4) is 0 Å². The third-order valence-corrected chi connectivity index (χ3v) is 9.85. The van der Waals surface area contributed by atoms with Crippen molar-refractivity contribution in [2.75, 3.05) is 44.7 Å². The molecule has 42 heavy (non-hydrogen) atoms. The fourth-order valence-electron chi connectivity index (χ4n) is 6.60. The molecule has 0 spiro atoms. The van der Waals surface area contributed by atoms with Crippen molar-refractivity contribution in [3.05, 3.63) is 64.0 Å². The second-order valence-corrected chi connectivity index (χ2v) is 12.7. The quantitative estimate of drug-likeness (QED) is 0.435. The van der Waals surface area contributed by atoms with Gasteiger partial charge in [0.2, 0.25) is 5.91 Å². The SMILES string of the molecule is Cc1ccc(OCc2ccc(C(=O)N3CCN(C)C(=O)C3)c(C)c2)c(-c2csc(N3CC4CC[C@H](C3)[C@@H]4C(=O)O)n2)c1. The Hall–Kier alpha value is -3.92. The highest BCUT2D eigenvalue weighted by molar-refractivity contribution is 7.14. The third-order valence-electron chi connectivity index (χ3n) is 8.95. The van der Waals surface area contributed by atoms with E-state index in [0.29, 0.717) is 25.3 Å². The summed E-state index contributed by atoms with van der Waals surface area (Å²) < 4.78 is 6.31. The van der Waals surface area contributed by atoms with E-state index < -0.39 is 5.97 Å². The minimum absolute atomic E-state index is 0.0479. The van der Waals surface area contributed by atoms with Crippen LogP contribution in [0.2, 0.25) is 0 Å². The van der Waals surface area contributed by atoms with Crippen LogP contribution in [0.25, 0.3) is 11.3 Å². The Kier molecular flexibility index (Phi) is 7.66. The van der Waals surface area contributed by atoms with Crippen molar-refractivity contribution in [2.45, 2.75) is 33.3 Å². The number of carbonyl (C=O) groups excluding carboxylic acids is 2. The fraction of sp³-hybridized carbons (Fsp3) is 0.438. The number of thiazole rings is 1. The number of ether oxygens (including phenoxy) is 1. The van der Waals surface area contributed by atoms with Crippen LogP contribution >= 0.6 is 11.3 Å². The van der Waals surface area contributed by atoms with Crippen molar-refractivity contribution >= 4 is 34.3 Å². The summed E-state index contributed by atoms with van der Waals surface area (Å²) in [5, 5.41) is 12.6. The molecular formula is C32H36N4O5S.